The Morgan fingerprint density at radius 3 is 2.91 bits per heavy atom. The lowest BCUT2D eigenvalue weighted by Crippen LogP contribution is -2.23. The molecule has 2 aliphatic carbocycles. The van der Waals surface area contributed by atoms with Crippen molar-refractivity contribution in [1.29, 1.82) is 0 Å². The minimum atomic E-state index is -0.375. The van der Waals surface area contributed by atoms with Gasteiger partial charge in [-0.3, -0.25) is 10.1 Å². The number of hydrogen-bond donors (Lipinski definition) is 0. The summed E-state index contributed by atoms with van der Waals surface area (Å²) in [5.41, 5.74) is 4.80. The number of hydrogen-bond acceptors (Lipinski definition) is 4. The smallest absolute Gasteiger partial charge is 0.271 e. The van der Waals surface area contributed by atoms with Gasteiger partial charge in [0.2, 0.25) is 0 Å². The number of fused-ring (bicyclic) bond motifs is 3. The molecule has 0 atom stereocenters. The highest BCUT2D eigenvalue weighted by atomic mass is 16.6. The third-order valence-electron chi connectivity index (χ3n) is 4.41. The molecule has 4 rings (SSSR count). The molecule has 110 valence electrons. The van der Waals surface area contributed by atoms with Crippen LogP contribution in [0.3, 0.4) is 0 Å². The zero-order valence-electron chi connectivity index (χ0n) is 12.1. The van der Waals surface area contributed by atoms with Gasteiger partial charge in [-0.15, -0.1) is 0 Å². The Balaban J connectivity index is 1.91. The van der Waals surface area contributed by atoms with Gasteiger partial charge in [0.1, 0.15) is 5.76 Å². The molecular formula is C17H14N2O3. The molecule has 0 radical (unpaired) electrons. The number of methoxy groups -OCH3 is 1. The van der Waals surface area contributed by atoms with Crippen LogP contribution in [0.1, 0.15) is 19.3 Å². The molecule has 0 saturated heterocycles. The highest BCUT2D eigenvalue weighted by molar-refractivity contribution is 5.73. The Hall–Kier alpha value is -2.69. The molecule has 5 heteroatoms. The van der Waals surface area contributed by atoms with Gasteiger partial charge in [0, 0.05) is 17.4 Å². The van der Waals surface area contributed by atoms with Gasteiger partial charge in [-0.05, 0) is 54.2 Å². The van der Waals surface area contributed by atoms with Crippen LogP contribution in [0, 0.1) is 10.1 Å². The summed E-state index contributed by atoms with van der Waals surface area (Å²) in [5, 5.41) is 12.7. The summed E-state index contributed by atoms with van der Waals surface area (Å²) < 4.78 is 5.31. The minimum absolute atomic E-state index is 0.0910. The van der Waals surface area contributed by atoms with E-state index < -0.39 is 0 Å². The maximum absolute atomic E-state index is 10.9. The average molecular weight is 294 g/mol. The van der Waals surface area contributed by atoms with Crippen LogP contribution in [0.2, 0.25) is 0 Å². The zero-order chi connectivity index (χ0) is 15.3. The van der Waals surface area contributed by atoms with Gasteiger partial charge >= 0.3 is 0 Å². The van der Waals surface area contributed by atoms with E-state index >= 15 is 0 Å². The lowest BCUT2D eigenvalue weighted by Gasteiger charge is -2.24. The maximum Gasteiger partial charge on any atom is 0.271 e. The van der Waals surface area contributed by atoms with E-state index in [1.165, 1.54) is 16.7 Å². The monoisotopic (exact) mass is 294 g/mol. The summed E-state index contributed by atoms with van der Waals surface area (Å²) in [6, 6.07) is 4.95. The predicted octanol–water partition coefficient (Wildman–Crippen LogP) is 2.29. The number of non-ortho nitro benzene ring substituents is 1. The Kier molecular flexibility index (Phi) is 2.76. The van der Waals surface area contributed by atoms with Crippen LogP contribution in [0.5, 0.6) is 0 Å². The van der Waals surface area contributed by atoms with Crippen molar-refractivity contribution in [2.75, 3.05) is 7.11 Å². The Labute approximate surface area is 126 Å². The van der Waals surface area contributed by atoms with E-state index in [0.29, 0.717) is 0 Å². The van der Waals surface area contributed by atoms with Gasteiger partial charge in [0.25, 0.3) is 5.69 Å². The van der Waals surface area contributed by atoms with Crippen molar-refractivity contribution in [2.24, 2.45) is 4.99 Å². The van der Waals surface area contributed by atoms with Crippen molar-refractivity contribution in [2.45, 2.75) is 19.3 Å². The van der Waals surface area contributed by atoms with Crippen molar-refractivity contribution < 1.29 is 9.66 Å². The SMILES string of the molecule is COC1=CCC2=C3N=c4cc([N+](=O)[O-])ccc4=C3CCC2=C1. The number of nitrogens with zero attached hydrogens (tertiary/aromatic N) is 2. The molecule has 0 spiro atoms. The Morgan fingerprint density at radius 2 is 2.14 bits per heavy atom. The first-order valence-corrected chi connectivity index (χ1v) is 7.22. The number of nitro benzene ring substituents is 1. The number of rotatable bonds is 2. The van der Waals surface area contributed by atoms with Crippen LogP contribution in [0.25, 0.3) is 5.57 Å². The van der Waals surface area contributed by atoms with Gasteiger partial charge in [-0.1, -0.05) is 0 Å². The summed E-state index contributed by atoms with van der Waals surface area (Å²) in [7, 11) is 1.68. The number of nitro groups is 1. The summed E-state index contributed by atoms with van der Waals surface area (Å²) in [6.07, 6.45) is 6.80. The first-order valence-electron chi connectivity index (χ1n) is 7.22. The van der Waals surface area contributed by atoms with Crippen molar-refractivity contribution in [3.05, 3.63) is 73.6 Å². The van der Waals surface area contributed by atoms with Crippen LogP contribution in [0.15, 0.2) is 57.9 Å². The Morgan fingerprint density at radius 1 is 1.27 bits per heavy atom. The zero-order valence-corrected chi connectivity index (χ0v) is 12.1. The van der Waals surface area contributed by atoms with E-state index in [0.717, 1.165) is 41.3 Å². The molecule has 3 aliphatic rings. The lowest BCUT2D eigenvalue weighted by molar-refractivity contribution is -0.385. The predicted molar refractivity (Wildman–Crippen MR) is 81.3 cm³/mol. The van der Waals surface area contributed by atoms with Gasteiger partial charge in [0.05, 0.1) is 23.1 Å². The van der Waals surface area contributed by atoms with Gasteiger partial charge < -0.3 is 4.74 Å². The number of ether oxygens (including phenoxy) is 1. The fraction of sp³-hybridized carbons (Fsp3) is 0.235. The van der Waals surface area contributed by atoms with Crippen LogP contribution in [-0.4, -0.2) is 12.0 Å². The highest BCUT2D eigenvalue weighted by Crippen LogP contribution is 2.40. The standard InChI is InChI=1S/C17H14N2O3/c1-22-12-4-7-13-10(8-12)2-5-15-14-6-3-11(19(20)21)9-16(14)18-17(13)15/h3-4,6,8-9H,2,5,7H2,1H3. The summed E-state index contributed by atoms with van der Waals surface area (Å²) in [4.78, 5) is 15.2. The van der Waals surface area contributed by atoms with E-state index in [4.69, 9.17) is 4.74 Å². The van der Waals surface area contributed by atoms with E-state index in [-0.39, 0.29) is 10.6 Å². The van der Waals surface area contributed by atoms with Crippen molar-refractivity contribution in [3.8, 4) is 0 Å². The fourth-order valence-corrected chi connectivity index (χ4v) is 3.32. The van der Waals surface area contributed by atoms with E-state index in [1.54, 1.807) is 19.2 Å². The lowest BCUT2D eigenvalue weighted by atomic mass is 9.83. The molecule has 0 amide bonds. The molecule has 0 aromatic heterocycles. The molecule has 5 nitrogen and oxygen atoms in total. The molecule has 0 unspecified atom stereocenters. The molecule has 1 aliphatic heterocycles. The molecule has 0 saturated carbocycles. The third kappa shape index (κ3) is 1.82. The quantitative estimate of drug-likeness (QED) is 0.621. The van der Waals surface area contributed by atoms with Crippen LogP contribution in [0.4, 0.5) is 5.69 Å². The maximum atomic E-state index is 10.9. The molecule has 0 bridgehead atoms. The third-order valence-corrected chi connectivity index (χ3v) is 4.41. The topological polar surface area (TPSA) is 64.7 Å². The summed E-state index contributed by atoms with van der Waals surface area (Å²) >= 11 is 0. The number of benzene rings is 1. The molecule has 0 fully saturated rings. The minimum Gasteiger partial charge on any atom is -0.497 e. The molecule has 22 heavy (non-hydrogen) atoms. The van der Waals surface area contributed by atoms with E-state index in [2.05, 4.69) is 17.1 Å². The van der Waals surface area contributed by atoms with Crippen molar-refractivity contribution >= 4 is 11.3 Å². The molecule has 1 aromatic carbocycles. The summed E-state index contributed by atoms with van der Waals surface area (Å²) in [5.74, 6) is 0.897. The second kappa shape index (κ2) is 4.66. The summed E-state index contributed by atoms with van der Waals surface area (Å²) in [6.45, 7) is 0. The molecule has 1 heterocycles. The van der Waals surface area contributed by atoms with Gasteiger partial charge in [0.15, 0.2) is 0 Å². The van der Waals surface area contributed by atoms with Crippen molar-refractivity contribution in [1.82, 2.24) is 0 Å². The molecular weight excluding hydrogens is 280 g/mol. The van der Waals surface area contributed by atoms with Crippen molar-refractivity contribution in [3.63, 3.8) is 0 Å². The molecule has 1 aromatic rings. The van der Waals surface area contributed by atoms with E-state index in [9.17, 15) is 10.1 Å². The number of allylic oxidation sites excluding steroid dienone is 5. The second-order valence-corrected chi connectivity index (χ2v) is 5.56. The Bertz CT molecular complexity index is 920. The van der Waals surface area contributed by atoms with Crippen LogP contribution in [-0.2, 0) is 4.74 Å². The second-order valence-electron chi connectivity index (χ2n) is 5.56. The first kappa shape index (κ1) is 13.0. The highest BCUT2D eigenvalue weighted by Gasteiger charge is 2.26. The van der Waals surface area contributed by atoms with E-state index in [1.807, 2.05) is 6.07 Å². The fourth-order valence-electron chi connectivity index (χ4n) is 3.32. The largest absolute Gasteiger partial charge is 0.497 e. The first-order chi connectivity index (χ1) is 10.7. The van der Waals surface area contributed by atoms with Gasteiger partial charge in [-0.25, -0.2) is 4.99 Å². The van der Waals surface area contributed by atoms with Crippen LogP contribution >= 0.6 is 0 Å². The average Bonchev–Trinajstić information content (AvgIpc) is 2.92. The molecule has 0 N–H and O–H groups in total. The van der Waals surface area contributed by atoms with Crippen LogP contribution < -0.4 is 10.6 Å². The van der Waals surface area contributed by atoms with Gasteiger partial charge in [-0.2, -0.15) is 0 Å². The normalized spacial score (nSPS) is 18.7.